The summed E-state index contributed by atoms with van der Waals surface area (Å²) in [5.74, 6) is -0.0320. The second-order valence-corrected chi connectivity index (χ2v) is 8.10. The van der Waals surface area contributed by atoms with Gasteiger partial charge in [0.05, 0.1) is 11.2 Å². The summed E-state index contributed by atoms with van der Waals surface area (Å²) in [6, 6.07) is 6.33. The molecule has 3 heterocycles. The van der Waals surface area contributed by atoms with Gasteiger partial charge in [0.15, 0.2) is 0 Å². The number of carbonyl (C=O) groups excluding carboxylic acids is 1. The zero-order valence-corrected chi connectivity index (χ0v) is 15.9. The molecule has 2 aliphatic rings. The summed E-state index contributed by atoms with van der Waals surface area (Å²) in [7, 11) is 1.84. The molecule has 1 N–H and O–H groups in total. The highest BCUT2D eigenvalue weighted by Gasteiger charge is 2.51. The summed E-state index contributed by atoms with van der Waals surface area (Å²) in [4.78, 5) is 19.1. The van der Waals surface area contributed by atoms with Crippen molar-refractivity contribution in [2.45, 2.75) is 49.9 Å². The number of nitrogens with zero attached hydrogens (tertiary/aromatic N) is 2. The fraction of sp³-hybridized carbons (Fsp3) is 0.500. The number of aromatic nitrogens is 1. The van der Waals surface area contributed by atoms with Crippen molar-refractivity contribution in [1.82, 2.24) is 15.2 Å². The average molecular weight is 372 g/mol. The maximum Gasteiger partial charge on any atom is 0.253 e. The van der Waals surface area contributed by atoms with Crippen molar-refractivity contribution < 1.29 is 9.53 Å². The third-order valence-corrected chi connectivity index (χ3v) is 6.66. The van der Waals surface area contributed by atoms with Crippen LogP contribution in [0.25, 0.3) is 0 Å². The first-order valence-corrected chi connectivity index (χ1v) is 10.2. The molecule has 0 spiro atoms. The SMILES string of the molecule is CO[C@@]12CC[C@@H](NC(=O)c3cccnc3)C[C@@H]1N(Cc1ccsc1)CC2. The van der Waals surface area contributed by atoms with Gasteiger partial charge in [-0.3, -0.25) is 14.7 Å². The number of nitrogens with one attached hydrogen (secondary N) is 1. The van der Waals surface area contributed by atoms with Crippen LogP contribution >= 0.6 is 11.3 Å². The highest BCUT2D eigenvalue weighted by atomic mass is 32.1. The molecule has 138 valence electrons. The lowest BCUT2D eigenvalue weighted by atomic mass is 9.78. The maximum atomic E-state index is 12.5. The van der Waals surface area contributed by atoms with Gasteiger partial charge in [-0.05, 0) is 60.2 Å². The number of likely N-dealkylation sites (tertiary alicyclic amines) is 1. The van der Waals surface area contributed by atoms with Crippen molar-refractivity contribution >= 4 is 17.2 Å². The Kier molecular flexibility index (Phi) is 5.07. The molecule has 4 rings (SSSR count). The minimum absolute atomic E-state index is 0.0320. The smallest absolute Gasteiger partial charge is 0.253 e. The van der Waals surface area contributed by atoms with E-state index < -0.39 is 0 Å². The summed E-state index contributed by atoms with van der Waals surface area (Å²) in [6.45, 7) is 2.01. The molecule has 1 aliphatic carbocycles. The molecule has 0 unspecified atom stereocenters. The molecule has 0 radical (unpaired) electrons. The topological polar surface area (TPSA) is 54.5 Å². The van der Waals surface area contributed by atoms with E-state index in [0.717, 1.165) is 38.8 Å². The molecule has 1 aliphatic heterocycles. The van der Waals surface area contributed by atoms with Gasteiger partial charge in [-0.15, -0.1) is 0 Å². The van der Waals surface area contributed by atoms with Crippen LogP contribution in [0, 0.1) is 0 Å². The van der Waals surface area contributed by atoms with Gasteiger partial charge in [-0.2, -0.15) is 11.3 Å². The van der Waals surface area contributed by atoms with Gasteiger partial charge in [-0.1, -0.05) is 0 Å². The molecule has 5 nitrogen and oxygen atoms in total. The third kappa shape index (κ3) is 3.41. The van der Waals surface area contributed by atoms with E-state index in [-0.39, 0.29) is 17.6 Å². The number of amides is 1. The van der Waals surface area contributed by atoms with Crippen LogP contribution in [0.4, 0.5) is 0 Å². The van der Waals surface area contributed by atoms with Crippen LogP contribution < -0.4 is 5.32 Å². The number of hydrogen-bond acceptors (Lipinski definition) is 5. The van der Waals surface area contributed by atoms with Crippen molar-refractivity contribution in [2.75, 3.05) is 13.7 Å². The summed E-state index contributed by atoms with van der Waals surface area (Å²) in [5.41, 5.74) is 1.92. The number of thiophene rings is 1. The normalized spacial score (nSPS) is 28.7. The Morgan fingerprint density at radius 2 is 2.38 bits per heavy atom. The number of carbonyl (C=O) groups is 1. The van der Waals surface area contributed by atoms with Crippen LogP contribution in [0.1, 0.15) is 41.6 Å². The lowest BCUT2D eigenvalue weighted by molar-refractivity contribution is -0.0677. The lowest BCUT2D eigenvalue weighted by Crippen LogP contribution is -2.54. The van der Waals surface area contributed by atoms with Crippen LogP contribution in [0.3, 0.4) is 0 Å². The quantitative estimate of drug-likeness (QED) is 0.878. The molecule has 2 aromatic rings. The van der Waals surface area contributed by atoms with E-state index >= 15 is 0 Å². The van der Waals surface area contributed by atoms with Crippen molar-refractivity contribution in [3.05, 3.63) is 52.5 Å². The van der Waals surface area contributed by atoms with Crippen molar-refractivity contribution in [2.24, 2.45) is 0 Å². The van der Waals surface area contributed by atoms with Crippen LogP contribution in [-0.4, -0.2) is 47.1 Å². The molecule has 1 saturated carbocycles. The van der Waals surface area contributed by atoms with Crippen molar-refractivity contribution in [3.8, 4) is 0 Å². The maximum absolute atomic E-state index is 12.5. The highest BCUT2D eigenvalue weighted by Crippen LogP contribution is 2.43. The number of hydrogen-bond donors (Lipinski definition) is 1. The predicted molar refractivity (Wildman–Crippen MR) is 102 cm³/mol. The van der Waals surface area contributed by atoms with Crippen molar-refractivity contribution in [3.63, 3.8) is 0 Å². The molecule has 1 amide bonds. The van der Waals surface area contributed by atoms with E-state index in [1.165, 1.54) is 5.56 Å². The molecular weight excluding hydrogens is 346 g/mol. The zero-order chi connectivity index (χ0) is 18.0. The number of rotatable bonds is 5. The largest absolute Gasteiger partial charge is 0.377 e. The summed E-state index contributed by atoms with van der Waals surface area (Å²) in [5, 5.41) is 7.56. The molecule has 3 atom stereocenters. The Hall–Kier alpha value is -1.76. The minimum atomic E-state index is -0.0639. The van der Waals surface area contributed by atoms with Crippen LogP contribution in [0.2, 0.25) is 0 Å². The first-order chi connectivity index (χ1) is 12.7. The highest BCUT2D eigenvalue weighted by molar-refractivity contribution is 7.07. The lowest BCUT2D eigenvalue weighted by Gasteiger charge is -2.44. The second-order valence-electron chi connectivity index (χ2n) is 7.32. The Morgan fingerprint density at radius 3 is 3.12 bits per heavy atom. The summed E-state index contributed by atoms with van der Waals surface area (Å²) in [6.07, 6.45) is 7.27. The molecule has 0 bridgehead atoms. The van der Waals surface area contributed by atoms with Gasteiger partial charge in [0.2, 0.25) is 0 Å². The van der Waals surface area contributed by atoms with Crippen LogP contribution in [-0.2, 0) is 11.3 Å². The van der Waals surface area contributed by atoms with Gasteiger partial charge in [-0.25, -0.2) is 0 Å². The standard InChI is InChI=1S/C20H25N3O2S/c1-25-20-6-4-17(22-19(24)16-3-2-8-21-12-16)11-18(20)23(9-7-20)13-15-5-10-26-14-15/h2-3,5,8,10,12,14,17-18H,4,6-7,9,11,13H2,1H3,(H,22,24)/t17-,18+,20-/m1/s1. The Morgan fingerprint density at radius 1 is 1.46 bits per heavy atom. The fourth-order valence-corrected chi connectivity index (χ4v) is 5.15. The third-order valence-electron chi connectivity index (χ3n) is 5.93. The van der Waals surface area contributed by atoms with Crippen molar-refractivity contribution in [1.29, 1.82) is 0 Å². The van der Waals surface area contributed by atoms with E-state index in [9.17, 15) is 4.79 Å². The molecule has 26 heavy (non-hydrogen) atoms. The molecule has 0 aromatic carbocycles. The Balaban J connectivity index is 1.45. The fourth-order valence-electron chi connectivity index (χ4n) is 4.49. The molecule has 1 saturated heterocycles. The number of methoxy groups -OCH3 is 1. The molecular formula is C20H25N3O2S. The first-order valence-electron chi connectivity index (χ1n) is 9.21. The molecule has 2 aromatic heterocycles. The minimum Gasteiger partial charge on any atom is -0.377 e. The first kappa shape index (κ1) is 17.6. The monoisotopic (exact) mass is 371 g/mol. The summed E-state index contributed by atoms with van der Waals surface area (Å²) < 4.78 is 6.03. The summed E-state index contributed by atoms with van der Waals surface area (Å²) >= 11 is 1.74. The number of ether oxygens (including phenoxy) is 1. The van der Waals surface area contributed by atoms with E-state index in [1.807, 2.05) is 13.2 Å². The van der Waals surface area contributed by atoms with Crippen LogP contribution in [0.5, 0.6) is 0 Å². The predicted octanol–water partition coefficient (Wildman–Crippen LogP) is 3.09. The second kappa shape index (κ2) is 7.47. The zero-order valence-electron chi connectivity index (χ0n) is 15.1. The van der Waals surface area contributed by atoms with E-state index in [2.05, 4.69) is 32.0 Å². The Labute approximate surface area is 158 Å². The van der Waals surface area contributed by atoms with Gasteiger partial charge < -0.3 is 10.1 Å². The molecule has 2 fully saturated rings. The van der Waals surface area contributed by atoms with E-state index in [0.29, 0.717) is 11.6 Å². The van der Waals surface area contributed by atoms with Gasteiger partial charge >= 0.3 is 0 Å². The molecule has 6 heteroatoms. The number of fused-ring (bicyclic) bond motifs is 1. The van der Waals surface area contributed by atoms with Crippen LogP contribution in [0.15, 0.2) is 41.4 Å². The average Bonchev–Trinajstić information content (AvgIpc) is 3.32. The Bertz CT molecular complexity index is 737. The van der Waals surface area contributed by atoms with Gasteiger partial charge in [0, 0.05) is 44.7 Å². The van der Waals surface area contributed by atoms with Gasteiger partial charge in [0.25, 0.3) is 5.91 Å². The van der Waals surface area contributed by atoms with Gasteiger partial charge in [0.1, 0.15) is 0 Å². The number of pyridine rings is 1. The van der Waals surface area contributed by atoms with E-state index in [4.69, 9.17) is 4.74 Å². The van der Waals surface area contributed by atoms with E-state index in [1.54, 1.807) is 29.8 Å².